The molecule has 2 N–H and O–H groups in total. The van der Waals surface area contributed by atoms with Crippen LogP contribution in [0.25, 0.3) is 11.0 Å². The average molecular weight is 350 g/mol. The molecule has 0 bridgehead atoms. The molecule has 0 fully saturated rings. The highest BCUT2D eigenvalue weighted by molar-refractivity contribution is 5.86. The summed E-state index contributed by atoms with van der Waals surface area (Å²) in [5, 5.41) is 11.4. The Hall–Kier alpha value is -2.59. The van der Waals surface area contributed by atoms with Crippen LogP contribution in [0.3, 0.4) is 0 Å². The third-order valence-electron chi connectivity index (χ3n) is 5.30. The molecule has 0 amide bonds. The summed E-state index contributed by atoms with van der Waals surface area (Å²) in [5.74, 6) is 0.198. The lowest BCUT2D eigenvalue weighted by Crippen LogP contribution is -3.06. The van der Waals surface area contributed by atoms with E-state index in [0.717, 1.165) is 54.3 Å². The molecule has 4 heteroatoms. The zero-order chi connectivity index (χ0) is 18.1. The Kier molecular flexibility index (Phi) is 4.51. The van der Waals surface area contributed by atoms with Crippen molar-refractivity contribution in [3.8, 4) is 5.75 Å². The number of quaternary nitrogens is 1. The number of benzene rings is 2. The highest BCUT2D eigenvalue weighted by Gasteiger charge is 2.22. The summed E-state index contributed by atoms with van der Waals surface area (Å²) in [4.78, 5) is 13.7. The zero-order valence-electron chi connectivity index (χ0n) is 15.0. The maximum absolute atomic E-state index is 12.5. The van der Waals surface area contributed by atoms with Gasteiger partial charge in [-0.3, -0.25) is 0 Å². The summed E-state index contributed by atoms with van der Waals surface area (Å²) in [6.07, 6.45) is 3.84. The Labute approximate surface area is 152 Å². The minimum atomic E-state index is -0.236. The highest BCUT2D eigenvalue weighted by Crippen LogP contribution is 2.32. The number of hydrogen-bond donors (Lipinski definition) is 2. The molecular formula is C22H24NO3+. The molecule has 26 heavy (non-hydrogen) atoms. The molecule has 4 rings (SSSR count). The number of phenols is 1. The van der Waals surface area contributed by atoms with Crippen molar-refractivity contribution in [2.75, 3.05) is 7.05 Å². The Morgan fingerprint density at radius 2 is 1.73 bits per heavy atom. The number of aryl methyl sites for hydroxylation is 1. The third kappa shape index (κ3) is 3.13. The van der Waals surface area contributed by atoms with E-state index in [9.17, 15) is 9.90 Å². The lowest BCUT2D eigenvalue weighted by atomic mass is 9.90. The summed E-state index contributed by atoms with van der Waals surface area (Å²) in [5.41, 5.74) is 4.22. The molecule has 0 saturated carbocycles. The number of nitrogens with one attached hydrogen (secondary N) is 1. The van der Waals surface area contributed by atoms with Gasteiger partial charge in [0.25, 0.3) is 0 Å². The van der Waals surface area contributed by atoms with Gasteiger partial charge in [-0.05, 0) is 43.4 Å². The maximum Gasteiger partial charge on any atom is 0.339 e. The van der Waals surface area contributed by atoms with Crippen molar-refractivity contribution in [1.82, 2.24) is 0 Å². The zero-order valence-corrected chi connectivity index (χ0v) is 15.0. The predicted octanol–water partition coefficient (Wildman–Crippen LogP) is 2.59. The van der Waals surface area contributed by atoms with E-state index in [1.165, 1.54) is 10.5 Å². The van der Waals surface area contributed by atoms with Gasteiger partial charge in [0, 0.05) is 16.5 Å². The summed E-state index contributed by atoms with van der Waals surface area (Å²) >= 11 is 0. The monoisotopic (exact) mass is 350 g/mol. The van der Waals surface area contributed by atoms with Gasteiger partial charge in [-0.15, -0.1) is 0 Å². The van der Waals surface area contributed by atoms with Crippen LogP contribution in [0, 0.1) is 0 Å². The first-order chi connectivity index (χ1) is 12.6. The molecule has 0 aliphatic heterocycles. The molecule has 1 aromatic heterocycles. The van der Waals surface area contributed by atoms with Crippen LogP contribution >= 0.6 is 0 Å². The Morgan fingerprint density at radius 1 is 1.00 bits per heavy atom. The van der Waals surface area contributed by atoms with Gasteiger partial charge < -0.3 is 14.4 Å². The van der Waals surface area contributed by atoms with Crippen LogP contribution < -0.4 is 10.5 Å². The van der Waals surface area contributed by atoms with Gasteiger partial charge in [0.1, 0.15) is 18.8 Å². The van der Waals surface area contributed by atoms with Crippen LogP contribution in [0.5, 0.6) is 5.75 Å². The number of rotatable bonds is 4. The molecule has 1 heterocycles. The second-order valence-electron chi connectivity index (χ2n) is 7.29. The van der Waals surface area contributed by atoms with Crippen molar-refractivity contribution in [1.29, 1.82) is 0 Å². The topological polar surface area (TPSA) is 54.9 Å². The third-order valence-corrected chi connectivity index (χ3v) is 5.30. The fourth-order valence-electron chi connectivity index (χ4n) is 4.03. The fraction of sp³-hybridized carbons (Fsp3) is 0.318. The van der Waals surface area contributed by atoms with Gasteiger partial charge in [-0.1, -0.05) is 30.3 Å². The second-order valence-corrected chi connectivity index (χ2v) is 7.29. The molecule has 1 unspecified atom stereocenters. The Bertz CT molecular complexity index is 992. The van der Waals surface area contributed by atoms with Crippen molar-refractivity contribution in [2.45, 2.75) is 38.8 Å². The van der Waals surface area contributed by atoms with Crippen molar-refractivity contribution in [2.24, 2.45) is 0 Å². The van der Waals surface area contributed by atoms with Gasteiger partial charge in [0.2, 0.25) is 0 Å². The van der Waals surface area contributed by atoms with Crippen molar-refractivity contribution < 1.29 is 14.4 Å². The molecule has 0 radical (unpaired) electrons. The molecule has 4 nitrogen and oxygen atoms in total. The number of hydrogen-bond acceptors (Lipinski definition) is 3. The van der Waals surface area contributed by atoms with Crippen LogP contribution in [0.4, 0.5) is 0 Å². The van der Waals surface area contributed by atoms with Gasteiger partial charge in [-0.25, -0.2) is 4.79 Å². The predicted molar refractivity (Wildman–Crippen MR) is 102 cm³/mol. The van der Waals surface area contributed by atoms with E-state index in [4.69, 9.17) is 4.42 Å². The van der Waals surface area contributed by atoms with Gasteiger partial charge >= 0.3 is 5.63 Å². The summed E-state index contributed by atoms with van der Waals surface area (Å²) < 4.78 is 5.69. The smallest absolute Gasteiger partial charge is 0.339 e. The quantitative estimate of drug-likeness (QED) is 0.711. The summed E-state index contributed by atoms with van der Waals surface area (Å²) in [7, 11) is 2.09. The highest BCUT2D eigenvalue weighted by atomic mass is 16.4. The van der Waals surface area contributed by atoms with E-state index in [-0.39, 0.29) is 11.4 Å². The molecule has 3 aromatic rings. The average Bonchev–Trinajstić information content (AvgIpc) is 2.65. The van der Waals surface area contributed by atoms with Crippen molar-refractivity contribution in [3.63, 3.8) is 0 Å². The van der Waals surface area contributed by atoms with E-state index < -0.39 is 0 Å². The van der Waals surface area contributed by atoms with E-state index >= 15 is 0 Å². The number of fused-ring (bicyclic) bond motifs is 3. The lowest BCUT2D eigenvalue weighted by molar-refractivity contribution is -0.907. The molecule has 1 atom stereocenters. The van der Waals surface area contributed by atoms with Crippen LogP contribution in [0.15, 0.2) is 51.7 Å². The minimum Gasteiger partial charge on any atom is -0.507 e. The first-order valence-corrected chi connectivity index (χ1v) is 9.28. The first kappa shape index (κ1) is 16.9. The summed E-state index contributed by atoms with van der Waals surface area (Å²) in [6.45, 7) is 1.44. The van der Waals surface area contributed by atoms with Crippen LogP contribution in [0.1, 0.15) is 35.1 Å². The molecule has 134 valence electrons. The van der Waals surface area contributed by atoms with Gasteiger partial charge in [-0.2, -0.15) is 0 Å². The molecule has 2 aromatic carbocycles. The number of phenolic OH excluding ortho intramolecular Hbond substituents is 1. The van der Waals surface area contributed by atoms with Crippen LogP contribution in [-0.4, -0.2) is 12.2 Å². The van der Waals surface area contributed by atoms with E-state index in [2.05, 4.69) is 19.2 Å². The minimum absolute atomic E-state index is 0.198. The SMILES string of the molecule is C[NH+](Cc1ccccc1)Cc1c(O)ccc2c3c(c(=O)oc12)CCCC3. The fourth-order valence-corrected chi connectivity index (χ4v) is 4.03. The second kappa shape index (κ2) is 6.96. The molecular weight excluding hydrogens is 326 g/mol. The largest absolute Gasteiger partial charge is 0.507 e. The maximum atomic E-state index is 12.5. The Morgan fingerprint density at radius 3 is 2.50 bits per heavy atom. The van der Waals surface area contributed by atoms with E-state index in [0.29, 0.717) is 12.1 Å². The normalized spacial score (nSPS) is 15.0. The molecule has 0 spiro atoms. The van der Waals surface area contributed by atoms with Gasteiger partial charge in [0.05, 0.1) is 12.6 Å². The van der Waals surface area contributed by atoms with Crippen LogP contribution in [0.2, 0.25) is 0 Å². The van der Waals surface area contributed by atoms with E-state index in [1.807, 2.05) is 24.3 Å². The van der Waals surface area contributed by atoms with E-state index in [1.54, 1.807) is 6.07 Å². The lowest BCUT2D eigenvalue weighted by Gasteiger charge is -2.19. The Balaban J connectivity index is 1.73. The molecule has 0 saturated heterocycles. The standard InChI is InChI=1S/C22H23NO3/c1-23(13-15-7-3-2-4-8-15)14-19-20(24)12-11-17-16-9-5-6-10-18(16)22(25)26-21(17)19/h2-4,7-8,11-12,24H,5-6,9-10,13-14H2,1H3/p+1. The summed E-state index contributed by atoms with van der Waals surface area (Å²) in [6, 6.07) is 13.9. The van der Waals surface area contributed by atoms with Crippen molar-refractivity contribution >= 4 is 11.0 Å². The first-order valence-electron chi connectivity index (χ1n) is 9.28. The van der Waals surface area contributed by atoms with Gasteiger partial charge in [0.15, 0.2) is 5.58 Å². The van der Waals surface area contributed by atoms with Crippen molar-refractivity contribution in [3.05, 3.63) is 75.1 Å². The van der Waals surface area contributed by atoms with Crippen LogP contribution in [-0.2, 0) is 25.9 Å². The molecule has 1 aliphatic rings. The molecule has 1 aliphatic carbocycles. The number of aromatic hydroxyl groups is 1.